The molecule has 0 aromatic carbocycles. The summed E-state index contributed by atoms with van der Waals surface area (Å²) < 4.78 is 7.73. The van der Waals surface area contributed by atoms with Crippen LogP contribution in [0.4, 0.5) is 0 Å². The molecule has 1 amide bonds. The molecule has 2 aliphatic heterocycles. The van der Waals surface area contributed by atoms with Crippen molar-refractivity contribution in [3.63, 3.8) is 0 Å². The lowest BCUT2D eigenvalue weighted by atomic mass is 10.0. The van der Waals surface area contributed by atoms with Crippen LogP contribution in [0.15, 0.2) is 12.7 Å². The Morgan fingerprint density at radius 2 is 2.17 bits per heavy atom. The lowest BCUT2D eigenvalue weighted by molar-refractivity contribution is -0.135. The van der Waals surface area contributed by atoms with Crippen molar-refractivity contribution >= 4 is 5.91 Å². The first-order chi connectivity index (χ1) is 11.7. The largest absolute Gasteiger partial charge is 0.378 e. The van der Waals surface area contributed by atoms with Crippen LogP contribution >= 0.6 is 0 Å². The summed E-state index contributed by atoms with van der Waals surface area (Å²) in [5.41, 5.74) is 1.98. The average molecular weight is 333 g/mol. The fourth-order valence-electron chi connectivity index (χ4n) is 3.57. The Morgan fingerprint density at radius 1 is 1.38 bits per heavy atom. The molecule has 0 N–H and O–H groups in total. The lowest BCUT2D eigenvalue weighted by Crippen LogP contribution is -2.42. The molecule has 0 unspecified atom stereocenters. The zero-order valence-corrected chi connectivity index (χ0v) is 14.5. The second-order valence-corrected chi connectivity index (χ2v) is 6.51. The molecular formula is C17H27N5O2. The topological polar surface area (TPSA) is 63.5 Å². The summed E-state index contributed by atoms with van der Waals surface area (Å²) in [6.07, 6.45) is 5.36. The Bertz CT molecular complexity index is 580. The van der Waals surface area contributed by atoms with Gasteiger partial charge in [-0.1, -0.05) is 11.3 Å². The summed E-state index contributed by atoms with van der Waals surface area (Å²) >= 11 is 0. The van der Waals surface area contributed by atoms with Crippen LogP contribution in [0.1, 0.15) is 36.7 Å². The minimum atomic E-state index is -0.145. The summed E-state index contributed by atoms with van der Waals surface area (Å²) in [7, 11) is 1.90. The summed E-state index contributed by atoms with van der Waals surface area (Å²) in [6, 6.07) is -0.145. The van der Waals surface area contributed by atoms with E-state index in [1.807, 2.05) is 16.6 Å². The first-order valence-electron chi connectivity index (χ1n) is 8.79. The fraction of sp³-hybridized carbons (Fsp3) is 0.706. The molecule has 1 fully saturated rings. The van der Waals surface area contributed by atoms with E-state index in [2.05, 4.69) is 21.8 Å². The number of rotatable bonds is 7. The molecule has 0 spiro atoms. The van der Waals surface area contributed by atoms with E-state index in [-0.39, 0.29) is 11.9 Å². The predicted octanol–water partition coefficient (Wildman–Crippen LogP) is 0.929. The van der Waals surface area contributed by atoms with Gasteiger partial charge in [-0.2, -0.15) is 0 Å². The van der Waals surface area contributed by atoms with Gasteiger partial charge in [-0.3, -0.25) is 9.48 Å². The maximum atomic E-state index is 12.4. The number of carbonyl (C=O) groups excluding carboxylic acids is 1. The summed E-state index contributed by atoms with van der Waals surface area (Å²) in [4.78, 5) is 16.7. The van der Waals surface area contributed by atoms with E-state index in [0.717, 1.165) is 24.4 Å². The van der Waals surface area contributed by atoms with Gasteiger partial charge in [0.05, 0.1) is 18.9 Å². The quantitative estimate of drug-likeness (QED) is 0.549. The minimum absolute atomic E-state index is 0.0782. The van der Waals surface area contributed by atoms with Crippen LogP contribution in [0.5, 0.6) is 0 Å². The number of ether oxygens (including phenoxy) is 1. The lowest BCUT2D eigenvalue weighted by Gasteiger charge is -2.34. The normalized spacial score (nSPS) is 21.0. The van der Waals surface area contributed by atoms with Gasteiger partial charge in [-0.15, -0.1) is 11.7 Å². The van der Waals surface area contributed by atoms with Gasteiger partial charge >= 0.3 is 0 Å². The second-order valence-electron chi connectivity index (χ2n) is 6.51. The van der Waals surface area contributed by atoms with Crippen molar-refractivity contribution in [1.82, 2.24) is 24.8 Å². The molecule has 0 bridgehead atoms. The Hall–Kier alpha value is -1.73. The minimum Gasteiger partial charge on any atom is -0.378 e. The standard InChI is InChI=1S/C17H27N5O2/c1-3-6-16(23)22-10-7-14-17(18-19-20(14)2)15(22)13-24-12-11-21-8-4-5-9-21/h3,15H,1,4-13H2,2H3/t15-/m0/s1. The molecule has 0 aliphatic carbocycles. The van der Waals surface area contributed by atoms with Gasteiger partial charge in [0.1, 0.15) is 11.7 Å². The van der Waals surface area contributed by atoms with Crippen LogP contribution in [0.3, 0.4) is 0 Å². The molecule has 0 radical (unpaired) electrons. The van der Waals surface area contributed by atoms with Gasteiger partial charge < -0.3 is 14.5 Å². The van der Waals surface area contributed by atoms with Gasteiger partial charge in [0.15, 0.2) is 0 Å². The third-order valence-corrected chi connectivity index (χ3v) is 4.92. The summed E-state index contributed by atoms with van der Waals surface area (Å²) in [5, 5.41) is 8.41. The fourth-order valence-corrected chi connectivity index (χ4v) is 3.57. The molecule has 3 rings (SSSR count). The van der Waals surface area contributed by atoms with Crippen molar-refractivity contribution in [2.45, 2.75) is 31.7 Å². The highest BCUT2D eigenvalue weighted by Crippen LogP contribution is 2.28. The summed E-state index contributed by atoms with van der Waals surface area (Å²) in [6.45, 7) is 8.82. The van der Waals surface area contributed by atoms with Crippen LogP contribution in [0, 0.1) is 0 Å². The van der Waals surface area contributed by atoms with E-state index in [4.69, 9.17) is 4.74 Å². The van der Waals surface area contributed by atoms with Crippen LogP contribution in [0.25, 0.3) is 0 Å². The Balaban J connectivity index is 1.62. The highest BCUT2D eigenvalue weighted by molar-refractivity contribution is 5.78. The van der Waals surface area contributed by atoms with Gasteiger partial charge in [0.25, 0.3) is 0 Å². The number of aromatic nitrogens is 3. The third-order valence-electron chi connectivity index (χ3n) is 4.92. The SMILES string of the molecule is C=CCC(=O)N1CCc2c(nnn2C)[C@@H]1COCCN1CCCC1. The molecule has 2 aliphatic rings. The number of hydrogen-bond acceptors (Lipinski definition) is 5. The van der Waals surface area contributed by atoms with Crippen LogP contribution in [-0.2, 0) is 23.0 Å². The molecule has 7 heteroatoms. The summed E-state index contributed by atoms with van der Waals surface area (Å²) in [5.74, 6) is 0.0782. The van der Waals surface area contributed by atoms with Crippen molar-refractivity contribution in [3.05, 3.63) is 24.0 Å². The van der Waals surface area contributed by atoms with E-state index in [9.17, 15) is 4.79 Å². The monoisotopic (exact) mass is 333 g/mol. The maximum Gasteiger partial charge on any atom is 0.227 e. The Kier molecular flexibility index (Phi) is 5.63. The molecule has 0 saturated carbocycles. The molecule has 1 atom stereocenters. The molecule has 7 nitrogen and oxygen atoms in total. The highest BCUT2D eigenvalue weighted by Gasteiger charge is 2.34. The van der Waals surface area contributed by atoms with Crippen molar-refractivity contribution in [2.75, 3.05) is 39.4 Å². The molecule has 1 aromatic rings. The van der Waals surface area contributed by atoms with Crippen LogP contribution in [-0.4, -0.2) is 70.1 Å². The van der Waals surface area contributed by atoms with Crippen molar-refractivity contribution in [2.24, 2.45) is 7.05 Å². The van der Waals surface area contributed by atoms with E-state index >= 15 is 0 Å². The third kappa shape index (κ3) is 3.67. The smallest absolute Gasteiger partial charge is 0.227 e. The van der Waals surface area contributed by atoms with E-state index in [0.29, 0.717) is 26.2 Å². The van der Waals surface area contributed by atoms with E-state index < -0.39 is 0 Å². The highest BCUT2D eigenvalue weighted by atomic mass is 16.5. The van der Waals surface area contributed by atoms with Crippen LogP contribution in [0.2, 0.25) is 0 Å². The van der Waals surface area contributed by atoms with Crippen molar-refractivity contribution in [1.29, 1.82) is 0 Å². The molecule has 1 saturated heterocycles. The number of amides is 1. The number of likely N-dealkylation sites (tertiary alicyclic amines) is 1. The number of aryl methyl sites for hydroxylation is 1. The Labute approximate surface area is 143 Å². The van der Waals surface area contributed by atoms with E-state index in [1.54, 1.807) is 6.08 Å². The van der Waals surface area contributed by atoms with Gasteiger partial charge in [-0.25, -0.2) is 0 Å². The van der Waals surface area contributed by atoms with Gasteiger partial charge in [0.2, 0.25) is 5.91 Å². The molecule has 24 heavy (non-hydrogen) atoms. The Morgan fingerprint density at radius 3 is 2.92 bits per heavy atom. The zero-order chi connectivity index (χ0) is 16.9. The predicted molar refractivity (Wildman–Crippen MR) is 90.5 cm³/mol. The molecule has 132 valence electrons. The molecule has 3 heterocycles. The average Bonchev–Trinajstić information content (AvgIpc) is 3.22. The molecular weight excluding hydrogens is 306 g/mol. The number of hydrogen-bond donors (Lipinski definition) is 0. The van der Waals surface area contributed by atoms with Gasteiger partial charge in [0, 0.05) is 33.0 Å². The van der Waals surface area contributed by atoms with Gasteiger partial charge in [-0.05, 0) is 25.9 Å². The van der Waals surface area contributed by atoms with Crippen LogP contribution < -0.4 is 0 Å². The second kappa shape index (κ2) is 7.90. The number of fused-ring (bicyclic) bond motifs is 1. The zero-order valence-electron chi connectivity index (χ0n) is 14.5. The number of carbonyl (C=O) groups is 1. The molecule has 1 aromatic heterocycles. The van der Waals surface area contributed by atoms with E-state index in [1.165, 1.54) is 25.9 Å². The van der Waals surface area contributed by atoms with Crippen molar-refractivity contribution < 1.29 is 9.53 Å². The maximum absolute atomic E-state index is 12.4. The number of nitrogens with zero attached hydrogens (tertiary/aromatic N) is 5. The first-order valence-corrected chi connectivity index (χ1v) is 8.79. The van der Waals surface area contributed by atoms with Crippen molar-refractivity contribution in [3.8, 4) is 0 Å². The first kappa shape index (κ1) is 17.1.